The molecule has 0 unspecified atom stereocenters. The fourth-order valence-electron chi connectivity index (χ4n) is 1.73. The third-order valence-electron chi connectivity index (χ3n) is 2.96. The van der Waals surface area contributed by atoms with Gasteiger partial charge in [-0.1, -0.05) is 12.1 Å². The van der Waals surface area contributed by atoms with Gasteiger partial charge in [-0.2, -0.15) is 0 Å². The number of hydrogen-bond donors (Lipinski definition) is 3. The minimum Gasteiger partial charge on any atom is -0.336 e. The van der Waals surface area contributed by atoms with Gasteiger partial charge in [0.2, 0.25) is 0 Å². The number of rotatable bonds is 4. The van der Waals surface area contributed by atoms with E-state index >= 15 is 0 Å². The summed E-state index contributed by atoms with van der Waals surface area (Å²) >= 11 is 0. The first-order valence-corrected chi connectivity index (χ1v) is 6.63. The lowest BCUT2D eigenvalue weighted by molar-refractivity contribution is 0.251. The van der Waals surface area contributed by atoms with E-state index in [1.165, 1.54) is 6.07 Å². The minimum atomic E-state index is -0.370. The Morgan fingerprint density at radius 1 is 1.10 bits per heavy atom. The van der Waals surface area contributed by atoms with Gasteiger partial charge in [-0.3, -0.25) is 5.32 Å². The summed E-state index contributed by atoms with van der Waals surface area (Å²) in [6.45, 7) is 0. The number of carbonyl (C=O) groups excluding carboxylic acids is 1. The molecular weight excluding hydrogens is 273 g/mol. The minimum absolute atomic E-state index is 0.278. The van der Waals surface area contributed by atoms with Crippen LogP contribution in [0.4, 0.5) is 26.5 Å². The number of nitrogens with zero attached hydrogens (tertiary/aromatic N) is 2. The van der Waals surface area contributed by atoms with Crippen molar-refractivity contribution in [2.75, 3.05) is 10.6 Å². The highest BCUT2D eigenvalue weighted by molar-refractivity contribution is 5.88. The van der Waals surface area contributed by atoms with Crippen LogP contribution in [0.5, 0.6) is 0 Å². The Kier molecular flexibility index (Phi) is 3.63. The van der Waals surface area contributed by atoms with E-state index in [2.05, 4.69) is 26.1 Å². The molecule has 7 heteroatoms. The zero-order chi connectivity index (χ0) is 14.7. The fourth-order valence-corrected chi connectivity index (χ4v) is 1.73. The summed E-state index contributed by atoms with van der Waals surface area (Å²) in [5.41, 5.74) is 0.319. The third kappa shape index (κ3) is 3.65. The quantitative estimate of drug-likeness (QED) is 0.807. The molecule has 21 heavy (non-hydrogen) atoms. The van der Waals surface area contributed by atoms with Gasteiger partial charge < -0.3 is 10.6 Å². The second-order valence-electron chi connectivity index (χ2n) is 4.78. The first kappa shape index (κ1) is 13.3. The molecule has 0 saturated heterocycles. The van der Waals surface area contributed by atoms with Gasteiger partial charge in [0, 0.05) is 6.04 Å². The van der Waals surface area contributed by atoms with Crippen molar-refractivity contribution in [3.8, 4) is 0 Å². The molecule has 1 aliphatic rings. The average molecular weight is 287 g/mol. The van der Waals surface area contributed by atoms with Crippen molar-refractivity contribution in [1.29, 1.82) is 0 Å². The molecule has 1 fully saturated rings. The maximum atomic E-state index is 13.5. The van der Waals surface area contributed by atoms with E-state index in [0.29, 0.717) is 17.3 Å². The summed E-state index contributed by atoms with van der Waals surface area (Å²) in [6, 6.07) is 9.49. The second-order valence-corrected chi connectivity index (χ2v) is 4.78. The topological polar surface area (TPSA) is 78.9 Å². The van der Waals surface area contributed by atoms with E-state index in [1.807, 2.05) is 0 Å². The molecule has 1 heterocycles. The predicted octanol–water partition coefficient (Wildman–Crippen LogP) is 2.64. The van der Waals surface area contributed by atoms with E-state index in [9.17, 15) is 9.18 Å². The Hall–Kier alpha value is -2.70. The smallest absolute Gasteiger partial charge is 0.320 e. The van der Waals surface area contributed by atoms with E-state index in [4.69, 9.17) is 0 Å². The molecule has 2 aromatic rings. The summed E-state index contributed by atoms with van der Waals surface area (Å²) in [5.74, 6) is 0.366. The largest absolute Gasteiger partial charge is 0.336 e. The molecule has 0 bridgehead atoms. The summed E-state index contributed by atoms with van der Waals surface area (Å²) in [4.78, 5) is 11.5. The molecule has 1 saturated carbocycles. The van der Waals surface area contributed by atoms with Gasteiger partial charge in [0.25, 0.3) is 0 Å². The molecule has 1 aromatic carbocycles. The van der Waals surface area contributed by atoms with Crippen LogP contribution in [0.15, 0.2) is 36.4 Å². The monoisotopic (exact) mass is 287 g/mol. The van der Waals surface area contributed by atoms with E-state index in [0.717, 1.165) is 12.8 Å². The highest BCUT2D eigenvalue weighted by Crippen LogP contribution is 2.19. The first-order chi connectivity index (χ1) is 10.2. The number of nitrogens with one attached hydrogen (secondary N) is 3. The van der Waals surface area contributed by atoms with Crippen LogP contribution in [0.3, 0.4) is 0 Å². The Labute approximate surface area is 120 Å². The van der Waals surface area contributed by atoms with Crippen molar-refractivity contribution in [3.05, 3.63) is 42.2 Å². The number of halogens is 1. The molecule has 1 aliphatic carbocycles. The first-order valence-electron chi connectivity index (χ1n) is 6.63. The Bertz CT molecular complexity index is 642. The normalized spacial score (nSPS) is 13.6. The van der Waals surface area contributed by atoms with Crippen molar-refractivity contribution in [2.24, 2.45) is 0 Å². The Morgan fingerprint density at radius 3 is 2.48 bits per heavy atom. The highest BCUT2D eigenvalue weighted by Gasteiger charge is 2.23. The summed E-state index contributed by atoms with van der Waals surface area (Å²) in [6.07, 6.45) is 2.04. The van der Waals surface area contributed by atoms with Crippen LogP contribution >= 0.6 is 0 Å². The second kappa shape index (κ2) is 5.74. The lowest BCUT2D eigenvalue weighted by atomic mass is 10.3. The van der Waals surface area contributed by atoms with Crippen LogP contribution in [0, 0.1) is 5.82 Å². The zero-order valence-electron chi connectivity index (χ0n) is 11.1. The summed E-state index contributed by atoms with van der Waals surface area (Å²) in [7, 11) is 0. The van der Waals surface area contributed by atoms with Crippen LogP contribution in [0.2, 0.25) is 0 Å². The molecule has 0 atom stereocenters. The molecule has 0 aliphatic heterocycles. The number of para-hydroxylation sites is 1. The van der Waals surface area contributed by atoms with Crippen LogP contribution in [-0.4, -0.2) is 22.3 Å². The molecule has 6 nitrogen and oxygen atoms in total. The Balaban J connectivity index is 1.61. The van der Waals surface area contributed by atoms with Crippen molar-refractivity contribution >= 4 is 23.4 Å². The maximum absolute atomic E-state index is 13.5. The van der Waals surface area contributed by atoms with Crippen molar-refractivity contribution in [1.82, 2.24) is 15.5 Å². The van der Waals surface area contributed by atoms with Crippen LogP contribution in [0.25, 0.3) is 0 Å². The molecule has 0 spiro atoms. The number of hydrogen-bond acceptors (Lipinski definition) is 4. The molecule has 108 valence electrons. The van der Waals surface area contributed by atoms with E-state index in [1.54, 1.807) is 30.3 Å². The van der Waals surface area contributed by atoms with E-state index < -0.39 is 0 Å². The SMILES string of the molecule is O=C(Nc1ccc(Nc2ccccc2F)nn1)NC1CC1. The van der Waals surface area contributed by atoms with Gasteiger partial charge in [-0.25, -0.2) is 9.18 Å². The maximum Gasteiger partial charge on any atom is 0.320 e. The van der Waals surface area contributed by atoms with Crippen molar-refractivity contribution in [3.63, 3.8) is 0 Å². The van der Waals surface area contributed by atoms with Crippen molar-refractivity contribution < 1.29 is 9.18 Å². The van der Waals surface area contributed by atoms with Gasteiger partial charge in [0.1, 0.15) is 5.82 Å². The number of amides is 2. The lowest BCUT2D eigenvalue weighted by Crippen LogP contribution is -2.30. The molecule has 0 radical (unpaired) electrons. The van der Waals surface area contributed by atoms with Crippen LogP contribution in [-0.2, 0) is 0 Å². The standard InChI is InChI=1S/C14H14FN5O/c15-10-3-1-2-4-11(10)17-12-7-8-13(20-19-12)18-14(21)16-9-5-6-9/h1-4,7-9H,5-6H2,(H,17,19)(H2,16,18,20,21). The lowest BCUT2D eigenvalue weighted by Gasteiger charge is -2.07. The number of urea groups is 1. The molecule has 2 amide bonds. The van der Waals surface area contributed by atoms with Gasteiger partial charge in [0.15, 0.2) is 11.6 Å². The molecule has 3 N–H and O–H groups in total. The molecular formula is C14H14FN5O. The van der Waals surface area contributed by atoms with E-state index in [-0.39, 0.29) is 17.9 Å². The van der Waals surface area contributed by atoms with Gasteiger partial charge >= 0.3 is 6.03 Å². The Morgan fingerprint density at radius 2 is 1.81 bits per heavy atom. The average Bonchev–Trinajstić information content (AvgIpc) is 3.27. The van der Waals surface area contributed by atoms with Gasteiger partial charge in [0.05, 0.1) is 5.69 Å². The number of aromatic nitrogens is 2. The highest BCUT2D eigenvalue weighted by atomic mass is 19.1. The number of benzene rings is 1. The fraction of sp³-hybridized carbons (Fsp3) is 0.214. The summed E-state index contributed by atoms with van der Waals surface area (Å²) in [5, 5.41) is 15.9. The number of anilines is 3. The predicted molar refractivity (Wildman–Crippen MR) is 76.9 cm³/mol. The van der Waals surface area contributed by atoms with Gasteiger partial charge in [-0.15, -0.1) is 10.2 Å². The molecule has 1 aromatic heterocycles. The van der Waals surface area contributed by atoms with Crippen LogP contribution in [0.1, 0.15) is 12.8 Å². The van der Waals surface area contributed by atoms with Crippen molar-refractivity contribution in [2.45, 2.75) is 18.9 Å². The zero-order valence-corrected chi connectivity index (χ0v) is 11.1. The molecule has 3 rings (SSSR count). The van der Waals surface area contributed by atoms with Crippen LogP contribution < -0.4 is 16.0 Å². The number of carbonyl (C=O) groups is 1. The summed E-state index contributed by atoms with van der Waals surface area (Å²) < 4.78 is 13.5. The van der Waals surface area contributed by atoms with Gasteiger partial charge in [-0.05, 0) is 37.1 Å². The third-order valence-corrected chi connectivity index (χ3v) is 2.96.